The highest BCUT2D eigenvalue weighted by atomic mass is 32.2. The summed E-state index contributed by atoms with van der Waals surface area (Å²) in [6, 6.07) is 12.7. The van der Waals surface area contributed by atoms with Gasteiger partial charge in [0.1, 0.15) is 5.69 Å². The van der Waals surface area contributed by atoms with Crippen LogP contribution in [0.25, 0.3) is 0 Å². The van der Waals surface area contributed by atoms with Gasteiger partial charge in [0, 0.05) is 28.8 Å². The van der Waals surface area contributed by atoms with Gasteiger partial charge in [-0.2, -0.15) is 0 Å². The van der Waals surface area contributed by atoms with Crippen molar-refractivity contribution in [2.45, 2.75) is 18.7 Å². The van der Waals surface area contributed by atoms with E-state index in [-0.39, 0.29) is 11.5 Å². The summed E-state index contributed by atoms with van der Waals surface area (Å²) in [6.07, 6.45) is 0. The summed E-state index contributed by atoms with van der Waals surface area (Å²) in [5.74, 6) is 0.601. The fraction of sp³-hybridized carbons (Fsp3) is 0.235. The Labute approximate surface area is 139 Å². The lowest BCUT2D eigenvalue weighted by molar-refractivity contribution is -0.384. The Hall–Kier alpha value is -2.34. The molecule has 0 aliphatic heterocycles. The molecule has 2 aromatic rings. The lowest BCUT2D eigenvalue weighted by atomic mass is 10.1. The van der Waals surface area contributed by atoms with Gasteiger partial charge in [-0.25, -0.2) is 0 Å². The SMILES string of the molecule is CC(=O)c1ccc(NCCSc2ccc(C)cc2)c([N+](=O)[O-])c1. The summed E-state index contributed by atoms with van der Waals surface area (Å²) in [5, 5.41) is 14.2. The number of nitrogens with zero attached hydrogens (tertiary/aromatic N) is 1. The van der Waals surface area contributed by atoms with E-state index in [0.29, 0.717) is 17.8 Å². The van der Waals surface area contributed by atoms with Gasteiger partial charge in [0.05, 0.1) is 4.92 Å². The molecule has 0 aromatic heterocycles. The van der Waals surface area contributed by atoms with E-state index in [4.69, 9.17) is 0 Å². The monoisotopic (exact) mass is 330 g/mol. The van der Waals surface area contributed by atoms with Gasteiger partial charge in [0.15, 0.2) is 5.78 Å². The van der Waals surface area contributed by atoms with Crippen molar-refractivity contribution >= 4 is 28.9 Å². The van der Waals surface area contributed by atoms with Crippen molar-refractivity contribution in [3.8, 4) is 0 Å². The number of aryl methyl sites for hydroxylation is 1. The maximum Gasteiger partial charge on any atom is 0.293 e. The number of anilines is 1. The van der Waals surface area contributed by atoms with Crippen LogP contribution in [0.5, 0.6) is 0 Å². The van der Waals surface area contributed by atoms with Crippen LogP contribution in [0.1, 0.15) is 22.8 Å². The van der Waals surface area contributed by atoms with E-state index in [0.717, 1.165) is 5.75 Å². The first-order valence-electron chi connectivity index (χ1n) is 7.20. The number of hydrogen-bond acceptors (Lipinski definition) is 5. The number of rotatable bonds is 7. The first-order chi connectivity index (χ1) is 11.0. The minimum absolute atomic E-state index is 0.0713. The van der Waals surface area contributed by atoms with E-state index in [9.17, 15) is 14.9 Å². The van der Waals surface area contributed by atoms with E-state index >= 15 is 0 Å². The van der Waals surface area contributed by atoms with E-state index in [1.807, 2.05) is 6.92 Å². The van der Waals surface area contributed by atoms with E-state index < -0.39 is 4.92 Å². The van der Waals surface area contributed by atoms with Gasteiger partial charge >= 0.3 is 0 Å². The van der Waals surface area contributed by atoms with Crippen LogP contribution in [0.2, 0.25) is 0 Å². The molecular weight excluding hydrogens is 312 g/mol. The van der Waals surface area contributed by atoms with Crippen molar-refractivity contribution in [3.05, 3.63) is 63.7 Å². The number of nitro benzene ring substituents is 1. The van der Waals surface area contributed by atoms with Gasteiger partial charge in [-0.15, -0.1) is 11.8 Å². The second kappa shape index (κ2) is 7.78. The predicted molar refractivity (Wildman–Crippen MR) is 93.5 cm³/mol. The summed E-state index contributed by atoms with van der Waals surface area (Å²) in [4.78, 5) is 23.2. The normalized spacial score (nSPS) is 10.3. The standard InChI is InChI=1S/C17H18N2O3S/c1-12-3-6-15(7-4-12)23-10-9-18-16-8-5-14(13(2)20)11-17(16)19(21)22/h3-8,11,18H,9-10H2,1-2H3. The number of hydrogen-bond donors (Lipinski definition) is 1. The Kier molecular flexibility index (Phi) is 5.76. The number of benzene rings is 2. The molecule has 23 heavy (non-hydrogen) atoms. The maximum atomic E-state index is 11.3. The Morgan fingerprint density at radius 2 is 1.91 bits per heavy atom. The predicted octanol–water partition coefficient (Wildman–Crippen LogP) is 4.31. The fourth-order valence-electron chi connectivity index (χ4n) is 2.04. The summed E-state index contributed by atoms with van der Waals surface area (Å²) in [5.41, 5.74) is 1.92. The molecule has 0 saturated carbocycles. The van der Waals surface area contributed by atoms with Gasteiger partial charge in [0.25, 0.3) is 5.69 Å². The van der Waals surface area contributed by atoms with E-state index in [2.05, 4.69) is 29.6 Å². The van der Waals surface area contributed by atoms with E-state index in [1.165, 1.54) is 23.4 Å². The average molecular weight is 330 g/mol. The molecule has 6 heteroatoms. The average Bonchev–Trinajstić information content (AvgIpc) is 2.53. The number of Topliss-reactive ketones (excluding diaryl/α,β-unsaturated/α-hetero) is 1. The lowest BCUT2D eigenvalue weighted by Gasteiger charge is -2.08. The zero-order valence-electron chi connectivity index (χ0n) is 13.0. The van der Waals surface area contributed by atoms with Gasteiger partial charge in [0.2, 0.25) is 0 Å². The van der Waals surface area contributed by atoms with Crippen molar-refractivity contribution in [1.82, 2.24) is 0 Å². The van der Waals surface area contributed by atoms with Crippen LogP contribution < -0.4 is 5.32 Å². The van der Waals surface area contributed by atoms with Gasteiger partial charge in [-0.3, -0.25) is 14.9 Å². The molecule has 2 aromatic carbocycles. The Bertz CT molecular complexity index is 714. The van der Waals surface area contributed by atoms with Crippen molar-refractivity contribution < 1.29 is 9.72 Å². The molecular formula is C17H18N2O3S. The van der Waals surface area contributed by atoms with E-state index in [1.54, 1.807) is 23.9 Å². The highest BCUT2D eigenvalue weighted by Crippen LogP contribution is 2.26. The second-order valence-electron chi connectivity index (χ2n) is 5.13. The molecule has 5 nitrogen and oxygen atoms in total. The van der Waals surface area contributed by atoms with Gasteiger partial charge < -0.3 is 5.32 Å². The lowest BCUT2D eigenvalue weighted by Crippen LogP contribution is -2.07. The molecule has 0 aliphatic carbocycles. The zero-order valence-corrected chi connectivity index (χ0v) is 13.9. The van der Waals surface area contributed by atoms with Crippen molar-refractivity contribution in [2.24, 2.45) is 0 Å². The third-order valence-electron chi connectivity index (χ3n) is 3.31. The summed E-state index contributed by atoms with van der Waals surface area (Å²) in [6.45, 7) is 4.03. The smallest absolute Gasteiger partial charge is 0.293 e. The quantitative estimate of drug-likeness (QED) is 0.269. The Balaban J connectivity index is 1.96. The van der Waals surface area contributed by atoms with Crippen LogP contribution in [0.3, 0.4) is 0 Å². The topological polar surface area (TPSA) is 72.2 Å². The van der Waals surface area contributed by atoms with Crippen LogP contribution in [0.4, 0.5) is 11.4 Å². The number of nitro groups is 1. The number of carbonyl (C=O) groups excluding carboxylic acids is 1. The first-order valence-corrected chi connectivity index (χ1v) is 8.18. The summed E-state index contributed by atoms with van der Waals surface area (Å²) < 4.78 is 0. The number of nitrogens with one attached hydrogen (secondary N) is 1. The van der Waals surface area contributed by atoms with Crippen LogP contribution >= 0.6 is 11.8 Å². The largest absolute Gasteiger partial charge is 0.379 e. The van der Waals surface area contributed by atoms with Crippen LogP contribution in [0.15, 0.2) is 47.4 Å². The molecule has 120 valence electrons. The molecule has 0 amide bonds. The number of carbonyl (C=O) groups is 1. The number of thioether (sulfide) groups is 1. The van der Waals surface area contributed by atoms with Crippen molar-refractivity contribution in [3.63, 3.8) is 0 Å². The molecule has 0 unspecified atom stereocenters. The molecule has 0 fully saturated rings. The molecule has 0 saturated heterocycles. The van der Waals surface area contributed by atoms with Crippen molar-refractivity contribution in [2.75, 3.05) is 17.6 Å². The highest BCUT2D eigenvalue weighted by Gasteiger charge is 2.15. The molecule has 0 bridgehead atoms. The Morgan fingerprint density at radius 3 is 2.52 bits per heavy atom. The highest BCUT2D eigenvalue weighted by molar-refractivity contribution is 7.99. The minimum atomic E-state index is -0.470. The Morgan fingerprint density at radius 1 is 1.22 bits per heavy atom. The fourth-order valence-corrected chi connectivity index (χ4v) is 2.81. The maximum absolute atomic E-state index is 11.3. The zero-order chi connectivity index (χ0) is 16.8. The first kappa shape index (κ1) is 17.0. The molecule has 0 spiro atoms. The van der Waals surface area contributed by atoms with Crippen LogP contribution in [-0.4, -0.2) is 23.0 Å². The molecule has 0 atom stereocenters. The molecule has 0 aliphatic rings. The summed E-state index contributed by atoms with van der Waals surface area (Å²) >= 11 is 1.68. The van der Waals surface area contributed by atoms with Crippen LogP contribution in [-0.2, 0) is 0 Å². The minimum Gasteiger partial charge on any atom is -0.379 e. The van der Waals surface area contributed by atoms with Gasteiger partial charge in [-0.05, 0) is 38.1 Å². The molecule has 0 radical (unpaired) electrons. The van der Waals surface area contributed by atoms with Gasteiger partial charge in [-0.1, -0.05) is 17.7 Å². The number of ketones is 1. The van der Waals surface area contributed by atoms with Crippen LogP contribution in [0, 0.1) is 17.0 Å². The molecule has 0 heterocycles. The second-order valence-corrected chi connectivity index (χ2v) is 6.30. The van der Waals surface area contributed by atoms with Crippen molar-refractivity contribution in [1.29, 1.82) is 0 Å². The third-order valence-corrected chi connectivity index (χ3v) is 4.32. The third kappa shape index (κ3) is 4.82. The molecule has 1 N–H and O–H groups in total. The molecule has 2 rings (SSSR count). The summed E-state index contributed by atoms with van der Waals surface area (Å²) in [7, 11) is 0.